The van der Waals surface area contributed by atoms with Gasteiger partial charge in [-0.05, 0) is 36.2 Å². The van der Waals surface area contributed by atoms with Crippen LogP contribution in [0, 0.1) is 0 Å². The third-order valence-corrected chi connectivity index (χ3v) is 3.22. The van der Waals surface area contributed by atoms with Crippen LogP contribution in [0.3, 0.4) is 0 Å². The first-order chi connectivity index (χ1) is 8.70. The minimum absolute atomic E-state index is 0.0643. The highest BCUT2D eigenvalue weighted by molar-refractivity contribution is 9.10. The zero-order chi connectivity index (χ0) is 13.0. The summed E-state index contributed by atoms with van der Waals surface area (Å²) < 4.78 is 0.948. The molecule has 0 bridgehead atoms. The molecule has 2 nitrogen and oxygen atoms in total. The molecule has 18 heavy (non-hydrogen) atoms. The number of aryl methyl sites for hydroxylation is 1. The molecule has 0 atom stereocenters. The van der Waals surface area contributed by atoms with Crippen molar-refractivity contribution in [3.8, 4) is 0 Å². The fourth-order valence-corrected chi connectivity index (χ4v) is 2.21. The summed E-state index contributed by atoms with van der Waals surface area (Å²) >= 11 is 3.39. The number of anilines is 1. The van der Waals surface area contributed by atoms with Crippen LogP contribution in [0.5, 0.6) is 0 Å². The van der Waals surface area contributed by atoms with Gasteiger partial charge in [0.2, 0.25) is 0 Å². The summed E-state index contributed by atoms with van der Waals surface area (Å²) in [4.78, 5) is 12.2. The Labute approximate surface area is 115 Å². The Hall–Kier alpha value is -1.61. The van der Waals surface area contributed by atoms with E-state index in [-0.39, 0.29) is 5.91 Å². The van der Waals surface area contributed by atoms with Crippen LogP contribution in [0.4, 0.5) is 5.69 Å². The zero-order valence-corrected chi connectivity index (χ0v) is 11.7. The predicted molar refractivity (Wildman–Crippen MR) is 77.9 cm³/mol. The maximum absolute atomic E-state index is 12.2. The topological polar surface area (TPSA) is 29.1 Å². The molecule has 0 aliphatic carbocycles. The lowest BCUT2D eigenvalue weighted by atomic mass is 10.0. The molecule has 0 saturated heterocycles. The lowest BCUT2D eigenvalue weighted by molar-refractivity contribution is 0.102. The average molecular weight is 304 g/mol. The Morgan fingerprint density at radius 3 is 2.67 bits per heavy atom. The standard InChI is InChI=1S/C15H14BrNO/c1-2-11-6-3-4-9-14(11)15(18)17-13-8-5-7-12(16)10-13/h3-10H,2H2,1H3,(H,17,18). The summed E-state index contributed by atoms with van der Waals surface area (Å²) in [6, 6.07) is 15.2. The van der Waals surface area contributed by atoms with Crippen molar-refractivity contribution < 1.29 is 4.79 Å². The van der Waals surface area contributed by atoms with Crippen molar-refractivity contribution in [2.75, 3.05) is 5.32 Å². The molecule has 0 heterocycles. The van der Waals surface area contributed by atoms with Gasteiger partial charge in [0, 0.05) is 15.7 Å². The second-order valence-electron chi connectivity index (χ2n) is 3.98. The van der Waals surface area contributed by atoms with E-state index >= 15 is 0 Å². The van der Waals surface area contributed by atoms with E-state index < -0.39 is 0 Å². The third kappa shape index (κ3) is 2.99. The van der Waals surface area contributed by atoms with Gasteiger partial charge in [0.15, 0.2) is 0 Å². The highest BCUT2D eigenvalue weighted by Gasteiger charge is 2.09. The number of nitrogens with one attached hydrogen (secondary N) is 1. The van der Waals surface area contributed by atoms with Crippen LogP contribution in [-0.2, 0) is 6.42 Å². The fourth-order valence-electron chi connectivity index (χ4n) is 1.81. The minimum atomic E-state index is -0.0643. The van der Waals surface area contributed by atoms with Gasteiger partial charge in [-0.25, -0.2) is 0 Å². The number of carbonyl (C=O) groups excluding carboxylic acids is 1. The Bertz CT molecular complexity index is 566. The molecule has 0 saturated carbocycles. The summed E-state index contributed by atoms with van der Waals surface area (Å²) in [6.07, 6.45) is 0.849. The first kappa shape index (κ1) is 12.8. The lowest BCUT2D eigenvalue weighted by Crippen LogP contribution is -2.13. The van der Waals surface area contributed by atoms with Crippen molar-refractivity contribution >= 4 is 27.5 Å². The third-order valence-electron chi connectivity index (χ3n) is 2.73. The second kappa shape index (κ2) is 5.83. The van der Waals surface area contributed by atoms with Crippen LogP contribution < -0.4 is 5.32 Å². The van der Waals surface area contributed by atoms with Crippen LogP contribution in [0.2, 0.25) is 0 Å². The van der Waals surface area contributed by atoms with Gasteiger partial charge in [-0.15, -0.1) is 0 Å². The Morgan fingerprint density at radius 1 is 1.17 bits per heavy atom. The quantitative estimate of drug-likeness (QED) is 0.901. The number of rotatable bonds is 3. The predicted octanol–water partition coefficient (Wildman–Crippen LogP) is 4.26. The molecule has 0 unspecified atom stereocenters. The normalized spacial score (nSPS) is 10.1. The summed E-state index contributed by atoms with van der Waals surface area (Å²) in [5.74, 6) is -0.0643. The van der Waals surface area contributed by atoms with E-state index in [1.54, 1.807) is 0 Å². The first-order valence-corrected chi connectivity index (χ1v) is 6.65. The maximum Gasteiger partial charge on any atom is 0.255 e. The Kier molecular flexibility index (Phi) is 4.15. The van der Waals surface area contributed by atoms with E-state index in [4.69, 9.17) is 0 Å². The molecule has 0 aliphatic rings. The second-order valence-corrected chi connectivity index (χ2v) is 4.89. The van der Waals surface area contributed by atoms with E-state index in [9.17, 15) is 4.79 Å². The molecule has 0 aliphatic heterocycles. The molecule has 0 radical (unpaired) electrons. The highest BCUT2D eigenvalue weighted by atomic mass is 79.9. The number of hydrogen-bond acceptors (Lipinski definition) is 1. The van der Waals surface area contributed by atoms with Gasteiger partial charge >= 0.3 is 0 Å². The summed E-state index contributed by atoms with van der Waals surface area (Å²) in [5, 5.41) is 2.90. The summed E-state index contributed by atoms with van der Waals surface area (Å²) in [5.41, 5.74) is 2.59. The number of carbonyl (C=O) groups is 1. The Balaban J connectivity index is 2.22. The van der Waals surface area contributed by atoms with E-state index in [1.165, 1.54) is 0 Å². The molecule has 1 N–H and O–H groups in total. The number of hydrogen-bond donors (Lipinski definition) is 1. The average Bonchev–Trinajstić information content (AvgIpc) is 2.38. The number of amides is 1. The SMILES string of the molecule is CCc1ccccc1C(=O)Nc1cccc(Br)c1. The van der Waals surface area contributed by atoms with E-state index in [1.807, 2.05) is 55.5 Å². The molecule has 2 rings (SSSR count). The number of halogens is 1. The molecule has 0 fully saturated rings. The molecule has 2 aromatic carbocycles. The zero-order valence-electron chi connectivity index (χ0n) is 10.1. The largest absolute Gasteiger partial charge is 0.322 e. The van der Waals surface area contributed by atoms with Gasteiger partial charge in [-0.3, -0.25) is 4.79 Å². The van der Waals surface area contributed by atoms with Crippen molar-refractivity contribution in [3.05, 3.63) is 64.1 Å². The van der Waals surface area contributed by atoms with Crippen LogP contribution in [0.1, 0.15) is 22.8 Å². The molecule has 92 valence electrons. The van der Waals surface area contributed by atoms with Gasteiger partial charge in [0.05, 0.1) is 0 Å². The molecule has 0 spiro atoms. The van der Waals surface area contributed by atoms with Gasteiger partial charge in [0.25, 0.3) is 5.91 Å². The van der Waals surface area contributed by atoms with Crippen molar-refractivity contribution in [3.63, 3.8) is 0 Å². The maximum atomic E-state index is 12.2. The molecule has 3 heteroatoms. The van der Waals surface area contributed by atoms with Crippen LogP contribution >= 0.6 is 15.9 Å². The van der Waals surface area contributed by atoms with Gasteiger partial charge in [0.1, 0.15) is 0 Å². The fraction of sp³-hybridized carbons (Fsp3) is 0.133. The molecular formula is C15H14BrNO. The van der Waals surface area contributed by atoms with E-state index in [0.717, 1.165) is 27.7 Å². The molecule has 2 aromatic rings. The van der Waals surface area contributed by atoms with Gasteiger partial charge < -0.3 is 5.32 Å². The van der Waals surface area contributed by atoms with Crippen LogP contribution in [-0.4, -0.2) is 5.91 Å². The Morgan fingerprint density at radius 2 is 1.94 bits per heavy atom. The van der Waals surface area contributed by atoms with E-state index in [0.29, 0.717) is 0 Å². The highest BCUT2D eigenvalue weighted by Crippen LogP contribution is 2.17. The first-order valence-electron chi connectivity index (χ1n) is 5.85. The van der Waals surface area contributed by atoms with Crippen molar-refractivity contribution in [1.29, 1.82) is 0 Å². The van der Waals surface area contributed by atoms with Crippen molar-refractivity contribution in [2.24, 2.45) is 0 Å². The van der Waals surface area contributed by atoms with Crippen molar-refractivity contribution in [1.82, 2.24) is 0 Å². The summed E-state index contributed by atoms with van der Waals surface area (Å²) in [7, 11) is 0. The molecule has 0 aromatic heterocycles. The van der Waals surface area contributed by atoms with Gasteiger partial charge in [-0.2, -0.15) is 0 Å². The van der Waals surface area contributed by atoms with Crippen LogP contribution in [0.15, 0.2) is 53.0 Å². The van der Waals surface area contributed by atoms with E-state index in [2.05, 4.69) is 21.2 Å². The molecule has 1 amide bonds. The monoisotopic (exact) mass is 303 g/mol. The van der Waals surface area contributed by atoms with Gasteiger partial charge in [-0.1, -0.05) is 47.1 Å². The minimum Gasteiger partial charge on any atom is -0.322 e. The van der Waals surface area contributed by atoms with Crippen molar-refractivity contribution in [2.45, 2.75) is 13.3 Å². The summed E-state index contributed by atoms with van der Waals surface area (Å²) in [6.45, 7) is 2.05. The smallest absolute Gasteiger partial charge is 0.255 e. The van der Waals surface area contributed by atoms with Crippen LogP contribution in [0.25, 0.3) is 0 Å². The lowest BCUT2D eigenvalue weighted by Gasteiger charge is -2.09. The number of benzene rings is 2. The molecular weight excluding hydrogens is 290 g/mol.